The van der Waals surface area contributed by atoms with E-state index < -0.39 is 24.4 Å². The summed E-state index contributed by atoms with van der Waals surface area (Å²) in [5.74, 6) is 0. The summed E-state index contributed by atoms with van der Waals surface area (Å²) in [6.45, 7) is 2.65. The van der Waals surface area contributed by atoms with Gasteiger partial charge in [0.1, 0.15) is 24.4 Å². The number of hydrogen-bond donors (Lipinski definition) is 3. The first-order chi connectivity index (χ1) is 13.2. The molecule has 0 radical (unpaired) electrons. The highest BCUT2D eigenvalue weighted by Gasteiger charge is 2.38. The fourth-order valence-electron chi connectivity index (χ4n) is 3.74. The first-order valence-electron chi connectivity index (χ1n) is 11.4. The standard InChI is InChI=1S/C22H44O5/c1-2-3-4-5-6-7-8-9-10-11-12-13-14-15-16-26-22-19(24)18-27-20(17-23)21(22)25/h19-25H,2-18H2,1H3/t19-,20+,21+,22+/m1/s1. The zero-order valence-corrected chi connectivity index (χ0v) is 17.5. The molecule has 1 heterocycles. The minimum absolute atomic E-state index is 0.103. The summed E-state index contributed by atoms with van der Waals surface area (Å²) in [5.41, 5.74) is 0. The summed E-state index contributed by atoms with van der Waals surface area (Å²) in [4.78, 5) is 0. The van der Waals surface area contributed by atoms with Gasteiger partial charge in [0.05, 0.1) is 13.2 Å². The quantitative estimate of drug-likeness (QED) is 0.329. The van der Waals surface area contributed by atoms with E-state index in [1.807, 2.05) is 0 Å². The van der Waals surface area contributed by atoms with Gasteiger partial charge in [0.25, 0.3) is 0 Å². The smallest absolute Gasteiger partial charge is 0.114 e. The Morgan fingerprint density at radius 2 is 1.26 bits per heavy atom. The largest absolute Gasteiger partial charge is 0.394 e. The van der Waals surface area contributed by atoms with Crippen LogP contribution in [0.25, 0.3) is 0 Å². The van der Waals surface area contributed by atoms with Crippen molar-refractivity contribution in [3.05, 3.63) is 0 Å². The molecule has 3 N–H and O–H groups in total. The average molecular weight is 389 g/mol. The summed E-state index contributed by atoms with van der Waals surface area (Å²) in [6.07, 6.45) is 15.3. The lowest BCUT2D eigenvalue weighted by atomic mass is 10.0. The van der Waals surface area contributed by atoms with Gasteiger partial charge in [-0.3, -0.25) is 0 Å². The van der Waals surface area contributed by atoms with Crippen LogP contribution >= 0.6 is 0 Å². The van der Waals surface area contributed by atoms with Gasteiger partial charge in [-0.1, -0.05) is 90.4 Å². The zero-order chi connectivity index (χ0) is 19.7. The van der Waals surface area contributed by atoms with Gasteiger partial charge in [-0.15, -0.1) is 0 Å². The molecule has 162 valence electrons. The van der Waals surface area contributed by atoms with Crippen LogP contribution < -0.4 is 0 Å². The van der Waals surface area contributed by atoms with E-state index in [-0.39, 0.29) is 13.2 Å². The monoisotopic (exact) mass is 388 g/mol. The van der Waals surface area contributed by atoms with Crippen molar-refractivity contribution in [2.24, 2.45) is 0 Å². The molecule has 1 saturated heterocycles. The van der Waals surface area contributed by atoms with E-state index in [9.17, 15) is 10.2 Å². The maximum absolute atomic E-state index is 10.0. The van der Waals surface area contributed by atoms with Gasteiger partial charge in [-0.2, -0.15) is 0 Å². The highest BCUT2D eigenvalue weighted by molar-refractivity contribution is 4.87. The van der Waals surface area contributed by atoms with E-state index in [1.165, 1.54) is 77.0 Å². The molecule has 1 aliphatic rings. The fraction of sp³-hybridized carbons (Fsp3) is 1.00. The van der Waals surface area contributed by atoms with Crippen molar-refractivity contribution < 1.29 is 24.8 Å². The van der Waals surface area contributed by atoms with Gasteiger partial charge in [0.2, 0.25) is 0 Å². The van der Waals surface area contributed by atoms with Crippen LogP contribution in [-0.2, 0) is 9.47 Å². The maximum atomic E-state index is 10.0. The molecule has 5 nitrogen and oxygen atoms in total. The molecule has 1 rings (SSSR count). The van der Waals surface area contributed by atoms with E-state index in [4.69, 9.17) is 14.6 Å². The van der Waals surface area contributed by atoms with Crippen LogP contribution in [0, 0.1) is 0 Å². The lowest BCUT2D eigenvalue weighted by molar-refractivity contribution is -0.210. The van der Waals surface area contributed by atoms with Crippen LogP contribution in [0.15, 0.2) is 0 Å². The molecule has 0 amide bonds. The zero-order valence-electron chi connectivity index (χ0n) is 17.5. The Morgan fingerprint density at radius 1 is 0.778 bits per heavy atom. The van der Waals surface area contributed by atoms with Gasteiger partial charge in [0, 0.05) is 6.61 Å². The second-order valence-corrected chi connectivity index (χ2v) is 8.04. The molecule has 1 aliphatic heterocycles. The molecule has 1 fully saturated rings. The van der Waals surface area contributed by atoms with Gasteiger partial charge in [-0.25, -0.2) is 0 Å². The van der Waals surface area contributed by atoms with Crippen LogP contribution in [-0.4, -0.2) is 59.6 Å². The number of unbranched alkanes of at least 4 members (excludes halogenated alkanes) is 13. The van der Waals surface area contributed by atoms with Crippen molar-refractivity contribution in [2.75, 3.05) is 19.8 Å². The van der Waals surface area contributed by atoms with Crippen molar-refractivity contribution in [1.82, 2.24) is 0 Å². The molecule has 0 saturated carbocycles. The van der Waals surface area contributed by atoms with Crippen LogP contribution in [0.3, 0.4) is 0 Å². The number of rotatable bonds is 17. The van der Waals surface area contributed by atoms with Crippen molar-refractivity contribution in [3.63, 3.8) is 0 Å². The van der Waals surface area contributed by atoms with Crippen molar-refractivity contribution in [2.45, 2.75) is 121 Å². The molecule has 0 aromatic rings. The molecular formula is C22H44O5. The third-order valence-corrected chi connectivity index (χ3v) is 5.57. The predicted molar refractivity (Wildman–Crippen MR) is 109 cm³/mol. The SMILES string of the molecule is CCCCCCCCCCCCCCCCO[C@@H]1[C@@H](O)[C@H](CO)OC[C@H]1O. The third-order valence-electron chi connectivity index (χ3n) is 5.57. The minimum atomic E-state index is -0.967. The molecule has 0 aliphatic carbocycles. The summed E-state index contributed by atoms with van der Waals surface area (Å²) in [6, 6.07) is 0. The number of ether oxygens (including phenoxy) is 2. The molecule has 0 aromatic heterocycles. The van der Waals surface area contributed by atoms with E-state index in [0.29, 0.717) is 6.61 Å². The molecule has 27 heavy (non-hydrogen) atoms. The Balaban J connectivity index is 1.86. The minimum Gasteiger partial charge on any atom is -0.394 e. The van der Waals surface area contributed by atoms with E-state index in [2.05, 4.69) is 6.92 Å². The van der Waals surface area contributed by atoms with Crippen molar-refractivity contribution >= 4 is 0 Å². The Bertz CT molecular complexity index is 326. The van der Waals surface area contributed by atoms with Gasteiger partial charge in [-0.05, 0) is 6.42 Å². The van der Waals surface area contributed by atoms with Crippen molar-refractivity contribution in [3.8, 4) is 0 Å². The van der Waals surface area contributed by atoms with E-state index in [0.717, 1.165) is 12.8 Å². The molecule has 0 aromatic carbocycles. The molecule has 0 spiro atoms. The van der Waals surface area contributed by atoms with Crippen molar-refractivity contribution in [1.29, 1.82) is 0 Å². The lowest BCUT2D eigenvalue weighted by Gasteiger charge is -2.37. The predicted octanol–water partition coefficient (Wildman–Crippen LogP) is 3.97. The average Bonchev–Trinajstić information content (AvgIpc) is 2.67. The Kier molecular flexibility index (Phi) is 15.4. The Labute approximate surface area is 166 Å². The second kappa shape index (κ2) is 16.7. The second-order valence-electron chi connectivity index (χ2n) is 8.04. The summed E-state index contributed by atoms with van der Waals surface area (Å²) in [7, 11) is 0. The Hall–Kier alpha value is -0.200. The molecule has 0 bridgehead atoms. The molecule has 4 atom stereocenters. The van der Waals surface area contributed by atoms with Gasteiger partial charge < -0.3 is 24.8 Å². The summed E-state index contributed by atoms with van der Waals surface area (Å²) in [5, 5.41) is 29.1. The van der Waals surface area contributed by atoms with Crippen LogP contribution in [0.5, 0.6) is 0 Å². The molecule has 0 unspecified atom stereocenters. The normalized spacial score (nSPS) is 25.8. The first-order valence-corrected chi connectivity index (χ1v) is 11.4. The fourth-order valence-corrected chi connectivity index (χ4v) is 3.74. The van der Waals surface area contributed by atoms with E-state index >= 15 is 0 Å². The van der Waals surface area contributed by atoms with Gasteiger partial charge >= 0.3 is 0 Å². The topological polar surface area (TPSA) is 79.2 Å². The number of hydrogen-bond acceptors (Lipinski definition) is 5. The first kappa shape index (κ1) is 24.8. The third kappa shape index (κ3) is 11.4. The lowest BCUT2D eigenvalue weighted by Crippen LogP contribution is -2.55. The Morgan fingerprint density at radius 3 is 1.74 bits per heavy atom. The highest BCUT2D eigenvalue weighted by Crippen LogP contribution is 2.19. The number of aliphatic hydroxyl groups is 3. The van der Waals surface area contributed by atoms with Crippen LogP contribution in [0.1, 0.15) is 96.8 Å². The van der Waals surface area contributed by atoms with Crippen LogP contribution in [0.4, 0.5) is 0 Å². The highest BCUT2D eigenvalue weighted by atomic mass is 16.6. The van der Waals surface area contributed by atoms with Gasteiger partial charge in [0.15, 0.2) is 0 Å². The van der Waals surface area contributed by atoms with E-state index in [1.54, 1.807) is 0 Å². The summed E-state index contributed by atoms with van der Waals surface area (Å²) >= 11 is 0. The molecule has 5 heteroatoms. The van der Waals surface area contributed by atoms with Crippen LogP contribution in [0.2, 0.25) is 0 Å². The molecular weight excluding hydrogens is 344 g/mol. The summed E-state index contributed by atoms with van der Waals surface area (Å²) < 4.78 is 10.8. The number of aliphatic hydroxyl groups excluding tert-OH is 3. The maximum Gasteiger partial charge on any atom is 0.114 e.